The van der Waals surface area contributed by atoms with Crippen molar-refractivity contribution in [3.63, 3.8) is 0 Å². The summed E-state index contributed by atoms with van der Waals surface area (Å²) in [5.41, 5.74) is 3.10. The van der Waals surface area contributed by atoms with Crippen molar-refractivity contribution in [2.45, 2.75) is 25.9 Å². The molecule has 4 heterocycles. The average Bonchev–Trinajstić information content (AvgIpc) is 3.67. The van der Waals surface area contributed by atoms with Crippen LogP contribution >= 0.6 is 0 Å². The molecule has 10 nitrogen and oxygen atoms in total. The predicted molar refractivity (Wildman–Crippen MR) is 138 cm³/mol. The van der Waals surface area contributed by atoms with Gasteiger partial charge in [-0.15, -0.1) is 0 Å². The van der Waals surface area contributed by atoms with E-state index >= 15 is 0 Å². The summed E-state index contributed by atoms with van der Waals surface area (Å²) in [6, 6.07) is 9.04. The van der Waals surface area contributed by atoms with E-state index in [1.54, 1.807) is 15.9 Å². The van der Waals surface area contributed by atoms with Crippen molar-refractivity contribution in [1.82, 2.24) is 30.2 Å². The second-order valence-corrected chi connectivity index (χ2v) is 10.0. The van der Waals surface area contributed by atoms with E-state index in [0.717, 1.165) is 62.4 Å². The highest BCUT2D eigenvalue weighted by molar-refractivity contribution is 6.08. The lowest BCUT2D eigenvalue weighted by atomic mass is 10.1. The van der Waals surface area contributed by atoms with E-state index < -0.39 is 0 Å². The second-order valence-electron chi connectivity index (χ2n) is 10.0. The van der Waals surface area contributed by atoms with Crippen molar-refractivity contribution in [2.24, 2.45) is 0 Å². The topological polar surface area (TPSA) is 114 Å². The highest BCUT2D eigenvalue weighted by Crippen LogP contribution is 2.32. The summed E-state index contributed by atoms with van der Waals surface area (Å²) in [7, 11) is 0. The lowest BCUT2D eigenvalue weighted by Gasteiger charge is -2.26. The molecule has 2 aromatic carbocycles. The molecular weight excluding hydrogens is 472 g/mol. The van der Waals surface area contributed by atoms with E-state index in [1.807, 2.05) is 18.2 Å². The van der Waals surface area contributed by atoms with Gasteiger partial charge in [-0.25, -0.2) is 0 Å². The number of carbonyl (C=O) groups excluding carboxylic acids is 2. The largest absolute Gasteiger partial charge is 0.507 e. The Morgan fingerprint density at radius 3 is 2.54 bits per heavy atom. The first kappa shape index (κ1) is 23.7. The van der Waals surface area contributed by atoms with Crippen LogP contribution in [0.3, 0.4) is 0 Å². The number of H-pyrrole nitrogens is 1. The SMILES string of the molecule is O=C(c1cc2c(C(=O)N3CCCC3)n[nH]c2cc1O)N1Cc2ccc(OCCN3CCNCC3)cc2C1. The third kappa shape index (κ3) is 4.74. The first-order valence-electron chi connectivity index (χ1n) is 13.0. The normalized spacial score (nSPS) is 17.9. The van der Waals surface area contributed by atoms with Gasteiger partial charge >= 0.3 is 0 Å². The van der Waals surface area contributed by atoms with Gasteiger partial charge in [0.25, 0.3) is 11.8 Å². The molecule has 37 heavy (non-hydrogen) atoms. The summed E-state index contributed by atoms with van der Waals surface area (Å²) in [6.07, 6.45) is 1.97. The Labute approximate surface area is 215 Å². The van der Waals surface area contributed by atoms with Crippen molar-refractivity contribution >= 4 is 22.7 Å². The van der Waals surface area contributed by atoms with Crippen LogP contribution in [0.25, 0.3) is 10.9 Å². The Bertz CT molecular complexity index is 1330. The van der Waals surface area contributed by atoms with Gasteiger partial charge in [-0.1, -0.05) is 6.07 Å². The van der Waals surface area contributed by atoms with Crippen molar-refractivity contribution in [1.29, 1.82) is 0 Å². The molecule has 1 aromatic heterocycles. The summed E-state index contributed by atoms with van der Waals surface area (Å²) < 4.78 is 6.00. The maximum Gasteiger partial charge on any atom is 0.274 e. The van der Waals surface area contributed by atoms with E-state index in [9.17, 15) is 14.7 Å². The minimum absolute atomic E-state index is 0.130. The van der Waals surface area contributed by atoms with Crippen molar-refractivity contribution in [3.8, 4) is 11.5 Å². The molecule has 0 saturated carbocycles. The number of likely N-dealkylation sites (tertiary alicyclic amines) is 1. The Kier molecular flexibility index (Phi) is 6.43. The number of nitrogens with one attached hydrogen (secondary N) is 2. The van der Waals surface area contributed by atoms with Gasteiger partial charge in [-0.3, -0.25) is 19.6 Å². The second kappa shape index (κ2) is 10.0. The molecule has 2 saturated heterocycles. The predicted octanol–water partition coefficient (Wildman–Crippen LogP) is 1.94. The fraction of sp³-hybridized carbons (Fsp3) is 0.444. The van der Waals surface area contributed by atoms with Crippen LogP contribution in [0.4, 0.5) is 0 Å². The van der Waals surface area contributed by atoms with Gasteiger partial charge in [-0.2, -0.15) is 5.10 Å². The molecule has 2 amide bonds. The summed E-state index contributed by atoms with van der Waals surface area (Å²) >= 11 is 0. The van der Waals surface area contributed by atoms with Crippen LogP contribution in [0.1, 0.15) is 44.8 Å². The highest BCUT2D eigenvalue weighted by atomic mass is 16.5. The Hall–Kier alpha value is -3.63. The molecule has 0 unspecified atom stereocenters. The quantitative estimate of drug-likeness (QED) is 0.470. The molecule has 0 bridgehead atoms. The number of hydrogen-bond donors (Lipinski definition) is 3. The number of nitrogens with zero attached hydrogens (tertiary/aromatic N) is 4. The molecule has 10 heteroatoms. The standard InChI is InChI=1S/C27H32N6O4/c34-24-15-23-21(25(30-29-23)27(36)32-7-1-2-8-32)14-22(24)26(35)33-16-18-3-4-20(13-19(18)17-33)37-12-11-31-9-5-28-6-10-31/h3-4,13-15,28,34H,1-2,5-12,16-17H2,(H,29,30). The van der Waals surface area contributed by atoms with Crippen LogP contribution in [0.2, 0.25) is 0 Å². The molecule has 2 fully saturated rings. The summed E-state index contributed by atoms with van der Waals surface area (Å²) in [6.45, 7) is 7.94. The number of benzene rings is 2. The fourth-order valence-electron chi connectivity index (χ4n) is 5.46. The summed E-state index contributed by atoms with van der Waals surface area (Å²) in [5, 5.41) is 21.6. The number of ether oxygens (including phenoxy) is 1. The zero-order chi connectivity index (χ0) is 25.4. The fourth-order valence-corrected chi connectivity index (χ4v) is 5.46. The number of carbonyl (C=O) groups is 2. The van der Waals surface area contributed by atoms with Gasteiger partial charge in [0.05, 0.1) is 11.1 Å². The van der Waals surface area contributed by atoms with Crippen LogP contribution in [-0.2, 0) is 13.1 Å². The van der Waals surface area contributed by atoms with Gasteiger partial charge in [-0.05, 0) is 42.2 Å². The van der Waals surface area contributed by atoms with Gasteiger partial charge in [0, 0.05) is 70.4 Å². The Morgan fingerprint density at radius 1 is 0.946 bits per heavy atom. The maximum atomic E-state index is 13.5. The van der Waals surface area contributed by atoms with Crippen LogP contribution < -0.4 is 10.1 Å². The Balaban J connectivity index is 1.15. The smallest absolute Gasteiger partial charge is 0.274 e. The average molecular weight is 505 g/mol. The molecule has 0 aliphatic carbocycles. The van der Waals surface area contributed by atoms with Crippen LogP contribution in [-0.4, -0.2) is 94.2 Å². The van der Waals surface area contributed by atoms with E-state index in [0.29, 0.717) is 49.4 Å². The van der Waals surface area contributed by atoms with Crippen molar-refractivity contribution in [3.05, 3.63) is 52.7 Å². The number of phenolic OH excluding ortho intramolecular Hbond substituents is 1. The van der Waals surface area contributed by atoms with Crippen molar-refractivity contribution < 1.29 is 19.4 Å². The van der Waals surface area contributed by atoms with E-state index in [2.05, 4.69) is 20.4 Å². The molecule has 0 radical (unpaired) electrons. The number of amides is 2. The van der Waals surface area contributed by atoms with Gasteiger partial charge < -0.3 is 25.0 Å². The van der Waals surface area contributed by atoms with Crippen molar-refractivity contribution in [2.75, 3.05) is 52.4 Å². The lowest BCUT2D eigenvalue weighted by Crippen LogP contribution is -2.44. The van der Waals surface area contributed by atoms with E-state index in [-0.39, 0.29) is 23.1 Å². The van der Waals surface area contributed by atoms with E-state index in [4.69, 9.17) is 4.74 Å². The van der Waals surface area contributed by atoms with Crippen LogP contribution in [0.15, 0.2) is 30.3 Å². The van der Waals surface area contributed by atoms with Gasteiger partial charge in [0.2, 0.25) is 0 Å². The van der Waals surface area contributed by atoms with Gasteiger partial charge in [0.1, 0.15) is 18.1 Å². The number of fused-ring (bicyclic) bond motifs is 2. The third-order valence-electron chi connectivity index (χ3n) is 7.58. The maximum absolute atomic E-state index is 13.5. The van der Waals surface area contributed by atoms with E-state index in [1.165, 1.54) is 6.07 Å². The number of piperazine rings is 1. The first-order valence-corrected chi connectivity index (χ1v) is 13.0. The molecule has 3 aliphatic rings. The number of aromatic nitrogens is 2. The molecule has 194 valence electrons. The molecular formula is C27H32N6O4. The molecule has 3 N–H and O–H groups in total. The number of aromatic amines is 1. The molecule has 3 aromatic rings. The monoisotopic (exact) mass is 504 g/mol. The number of phenols is 1. The minimum atomic E-state index is -0.280. The molecule has 6 rings (SSSR count). The molecule has 0 atom stereocenters. The lowest BCUT2D eigenvalue weighted by molar-refractivity contribution is 0.0746. The zero-order valence-corrected chi connectivity index (χ0v) is 20.8. The minimum Gasteiger partial charge on any atom is -0.507 e. The molecule has 3 aliphatic heterocycles. The first-order chi connectivity index (χ1) is 18.1. The number of hydrogen-bond acceptors (Lipinski definition) is 7. The summed E-state index contributed by atoms with van der Waals surface area (Å²) in [4.78, 5) is 32.3. The zero-order valence-electron chi connectivity index (χ0n) is 20.8. The highest BCUT2D eigenvalue weighted by Gasteiger charge is 2.29. The van der Waals surface area contributed by atoms with Crippen LogP contribution in [0, 0.1) is 0 Å². The molecule has 0 spiro atoms. The number of rotatable bonds is 6. The third-order valence-corrected chi connectivity index (χ3v) is 7.58. The summed E-state index contributed by atoms with van der Waals surface area (Å²) in [5.74, 6) is 0.244. The van der Waals surface area contributed by atoms with Gasteiger partial charge in [0.15, 0.2) is 5.69 Å². The van der Waals surface area contributed by atoms with Crippen LogP contribution in [0.5, 0.6) is 11.5 Å². The number of aromatic hydroxyl groups is 1. The Morgan fingerprint density at radius 2 is 1.73 bits per heavy atom.